The minimum absolute atomic E-state index is 0.418. The Labute approximate surface area is 88.7 Å². The lowest BCUT2D eigenvalue weighted by Gasteiger charge is -2.03. The maximum atomic E-state index is 4.74. The molecule has 12 heavy (non-hydrogen) atoms. The zero-order valence-corrected chi connectivity index (χ0v) is 10.1. The number of aliphatic imine (C=N–C) groups is 1. The Kier molecular flexibility index (Phi) is 7.78. The van der Waals surface area contributed by atoms with Crippen molar-refractivity contribution < 1.29 is 4.74 Å². The molecule has 0 heterocycles. The van der Waals surface area contributed by atoms with Crippen molar-refractivity contribution in [3.05, 3.63) is 10.7 Å². The number of hydrazine groups is 1. The van der Waals surface area contributed by atoms with E-state index < -0.39 is 0 Å². The third kappa shape index (κ3) is 8.19. The molecule has 0 amide bonds. The van der Waals surface area contributed by atoms with E-state index in [1.807, 2.05) is 6.92 Å². The van der Waals surface area contributed by atoms with Crippen LogP contribution in [0.1, 0.15) is 6.92 Å². The average molecular weight is 301 g/mol. The van der Waals surface area contributed by atoms with Crippen LogP contribution in [0.3, 0.4) is 0 Å². The van der Waals surface area contributed by atoms with Crippen molar-refractivity contribution in [2.75, 3.05) is 13.8 Å². The lowest BCUT2D eigenvalue weighted by molar-refractivity contribution is 0.170. The van der Waals surface area contributed by atoms with Gasteiger partial charge in [0.25, 0.3) is 0 Å². The summed E-state index contributed by atoms with van der Waals surface area (Å²) < 4.78 is 6.29. The SMILES string of the molecule is COCNNC(Br)=N/C=C(/C)Br. The van der Waals surface area contributed by atoms with Gasteiger partial charge in [-0.05, 0) is 22.9 Å². The largest absolute Gasteiger partial charge is 0.368 e. The molecule has 0 aromatic heterocycles. The number of hydrogen-bond donors (Lipinski definition) is 2. The van der Waals surface area contributed by atoms with Crippen molar-refractivity contribution >= 4 is 36.6 Å². The molecule has 2 N–H and O–H groups in total. The Balaban J connectivity index is 3.63. The first-order valence-corrected chi connectivity index (χ1v) is 4.78. The number of nitrogens with zero attached hydrogens (tertiary/aromatic N) is 1. The highest BCUT2D eigenvalue weighted by molar-refractivity contribution is 9.18. The first-order valence-electron chi connectivity index (χ1n) is 3.20. The lowest BCUT2D eigenvalue weighted by Crippen LogP contribution is -2.35. The van der Waals surface area contributed by atoms with Crippen molar-refractivity contribution in [3.63, 3.8) is 0 Å². The maximum absolute atomic E-state index is 4.74. The number of halogens is 2. The normalized spacial score (nSPS) is 13.3. The fourth-order valence-corrected chi connectivity index (χ4v) is 0.704. The van der Waals surface area contributed by atoms with Crippen molar-refractivity contribution in [3.8, 4) is 0 Å². The van der Waals surface area contributed by atoms with Crippen LogP contribution in [0.2, 0.25) is 0 Å². The maximum Gasteiger partial charge on any atom is 0.184 e. The molecule has 0 aromatic carbocycles. The summed E-state index contributed by atoms with van der Waals surface area (Å²) in [5.41, 5.74) is 5.53. The van der Waals surface area contributed by atoms with Crippen molar-refractivity contribution in [2.45, 2.75) is 6.92 Å². The Morgan fingerprint density at radius 2 is 2.25 bits per heavy atom. The number of methoxy groups -OCH3 is 1. The van der Waals surface area contributed by atoms with E-state index in [1.165, 1.54) is 0 Å². The van der Waals surface area contributed by atoms with Crippen LogP contribution < -0.4 is 10.9 Å². The summed E-state index contributed by atoms with van der Waals surface area (Å²) in [5.74, 6) is 0. The second kappa shape index (κ2) is 7.72. The first kappa shape index (κ1) is 12.1. The van der Waals surface area contributed by atoms with Gasteiger partial charge in [-0.1, -0.05) is 15.9 Å². The molecule has 4 nitrogen and oxygen atoms in total. The highest BCUT2D eigenvalue weighted by atomic mass is 79.9. The van der Waals surface area contributed by atoms with Gasteiger partial charge in [0, 0.05) is 17.8 Å². The summed E-state index contributed by atoms with van der Waals surface area (Å²) >= 11 is 6.44. The van der Waals surface area contributed by atoms with Crippen LogP contribution in [0.4, 0.5) is 0 Å². The highest BCUT2D eigenvalue weighted by Crippen LogP contribution is 2.01. The van der Waals surface area contributed by atoms with E-state index in [-0.39, 0.29) is 0 Å². The highest BCUT2D eigenvalue weighted by Gasteiger charge is 1.87. The second-order valence-electron chi connectivity index (χ2n) is 1.87. The number of hydrogen-bond acceptors (Lipinski definition) is 3. The molecule has 6 heteroatoms. The summed E-state index contributed by atoms with van der Waals surface area (Å²) in [7, 11) is 1.60. The molecule has 0 saturated heterocycles. The molecule has 0 radical (unpaired) electrons. The summed E-state index contributed by atoms with van der Waals surface area (Å²) in [6.45, 7) is 2.31. The Morgan fingerprint density at radius 3 is 2.75 bits per heavy atom. The first-order chi connectivity index (χ1) is 5.66. The van der Waals surface area contributed by atoms with Crippen LogP contribution in [0.25, 0.3) is 0 Å². The second-order valence-corrected chi connectivity index (χ2v) is 3.87. The monoisotopic (exact) mass is 299 g/mol. The molecule has 70 valence electrons. The molecule has 0 atom stereocenters. The predicted octanol–water partition coefficient (Wildman–Crippen LogP) is 1.69. The van der Waals surface area contributed by atoms with Crippen LogP contribution in [-0.4, -0.2) is 18.6 Å². The molecule has 0 bridgehead atoms. The standard InChI is InChI=1S/C6H11Br2N3O/c1-5(7)3-9-6(8)11-10-4-12-2/h3,10H,4H2,1-2H3,(H,9,11)/b5-3-. The van der Waals surface area contributed by atoms with Gasteiger partial charge in [0.05, 0.1) is 0 Å². The zero-order chi connectivity index (χ0) is 9.40. The molecule has 0 aromatic rings. The molecule has 0 rings (SSSR count). The van der Waals surface area contributed by atoms with E-state index in [0.717, 1.165) is 4.48 Å². The Hall–Kier alpha value is 0.0900. The van der Waals surface area contributed by atoms with Crippen LogP contribution in [0.15, 0.2) is 15.7 Å². The average Bonchev–Trinajstić information content (AvgIpc) is 2.01. The fraction of sp³-hybridized carbons (Fsp3) is 0.500. The predicted molar refractivity (Wildman–Crippen MR) is 57.2 cm³/mol. The van der Waals surface area contributed by atoms with Crippen LogP contribution >= 0.6 is 31.9 Å². The van der Waals surface area contributed by atoms with Gasteiger partial charge in [-0.25, -0.2) is 10.4 Å². The number of rotatable bonds is 4. The van der Waals surface area contributed by atoms with Crippen LogP contribution in [0, 0.1) is 0 Å². The third-order valence-electron chi connectivity index (χ3n) is 0.764. The molecule has 0 aliphatic carbocycles. The summed E-state index contributed by atoms with van der Waals surface area (Å²) in [6, 6.07) is 0. The van der Waals surface area contributed by atoms with E-state index in [1.54, 1.807) is 13.3 Å². The third-order valence-corrected chi connectivity index (χ3v) is 1.37. The van der Waals surface area contributed by atoms with E-state index >= 15 is 0 Å². The van der Waals surface area contributed by atoms with Crippen molar-refractivity contribution in [2.24, 2.45) is 4.99 Å². The molecule has 0 aliphatic rings. The number of allylic oxidation sites excluding steroid dienone is 1. The lowest BCUT2D eigenvalue weighted by atomic mass is 10.7. The number of amidine groups is 1. The van der Waals surface area contributed by atoms with Crippen LogP contribution in [0.5, 0.6) is 0 Å². The quantitative estimate of drug-likeness (QED) is 0.207. The Bertz CT molecular complexity index is 178. The molecular formula is C6H11Br2N3O. The van der Waals surface area contributed by atoms with Gasteiger partial charge < -0.3 is 4.74 Å². The minimum atomic E-state index is 0.418. The van der Waals surface area contributed by atoms with Gasteiger partial charge in [-0.15, -0.1) is 0 Å². The topological polar surface area (TPSA) is 45.6 Å². The molecule has 0 saturated carbocycles. The van der Waals surface area contributed by atoms with E-state index in [9.17, 15) is 0 Å². The van der Waals surface area contributed by atoms with E-state index in [0.29, 0.717) is 11.5 Å². The molecule has 0 unspecified atom stereocenters. The minimum Gasteiger partial charge on any atom is -0.368 e. The van der Waals surface area contributed by atoms with Gasteiger partial charge >= 0.3 is 0 Å². The Morgan fingerprint density at radius 1 is 1.58 bits per heavy atom. The van der Waals surface area contributed by atoms with Gasteiger partial charge in [0.2, 0.25) is 0 Å². The molecule has 0 aliphatic heterocycles. The summed E-state index contributed by atoms with van der Waals surface area (Å²) in [4.78, 5) is 3.99. The van der Waals surface area contributed by atoms with Gasteiger partial charge in [0.1, 0.15) is 6.73 Å². The van der Waals surface area contributed by atoms with Crippen molar-refractivity contribution in [1.82, 2.24) is 10.9 Å². The molecule has 0 fully saturated rings. The van der Waals surface area contributed by atoms with E-state index in [4.69, 9.17) is 4.74 Å². The smallest absolute Gasteiger partial charge is 0.184 e. The molecule has 0 spiro atoms. The van der Waals surface area contributed by atoms with Gasteiger partial charge in [-0.2, -0.15) is 0 Å². The summed E-state index contributed by atoms with van der Waals surface area (Å²) in [5, 5.41) is 0. The molecular weight excluding hydrogens is 290 g/mol. The zero-order valence-electron chi connectivity index (χ0n) is 6.90. The van der Waals surface area contributed by atoms with E-state index in [2.05, 4.69) is 47.7 Å². The summed E-state index contributed by atoms with van der Waals surface area (Å²) in [6.07, 6.45) is 1.67. The number of ether oxygens (including phenoxy) is 1. The van der Waals surface area contributed by atoms with Gasteiger partial charge in [-0.3, -0.25) is 5.43 Å². The van der Waals surface area contributed by atoms with Crippen LogP contribution in [-0.2, 0) is 4.74 Å². The van der Waals surface area contributed by atoms with Gasteiger partial charge in [0.15, 0.2) is 4.74 Å². The van der Waals surface area contributed by atoms with Crippen molar-refractivity contribution in [1.29, 1.82) is 0 Å². The number of nitrogens with one attached hydrogen (secondary N) is 2. The fourth-order valence-electron chi connectivity index (χ4n) is 0.359.